The van der Waals surface area contributed by atoms with Crippen LogP contribution in [0.4, 0.5) is 11.4 Å². The molecule has 0 atom stereocenters. The number of rotatable bonds is 4. The maximum absolute atomic E-state index is 12.5. The van der Waals surface area contributed by atoms with Gasteiger partial charge in [0.05, 0.1) is 23.4 Å². The fourth-order valence-corrected chi connectivity index (χ4v) is 3.26. The number of anilines is 2. The molecule has 2 N–H and O–H groups in total. The maximum atomic E-state index is 12.5. The van der Waals surface area contributed by atoms with Gasteiger partial charge in [0, 0.05) is 0 Å². The van der Waals surface area contributed by atoms with Gasteiger partial charge in [-0.2, -0.15) is 0 Å². The predicted octanol–water partition coefficient (Wildman–Crippen LogP) is 1.83. The molecular formula is C15H14N2O5S. The van der Waals surface area contributed by atoms with E-state index in [1.165, 1.54) is 25.3 Å². The molecule has 0 saturated carbocycles. The molecule has 120 valence electrons. The minimum atomic E-state index is -3.83. The summed E-state index contributed by atoms with van der Waals surface area (Å²) in [7, 11) is -2.38. The largest absolute Gasteiger partial charge is 0.495 e. The number of amides is 1. The lowest BCUT2D eigenvalue weighted by Crippen LogP contribution is -2.25. The van der Waals surface area contributed by atoms with Gasteiger partial charge in [0.15, 0.2) is 6.61 Å². The molecule has 0 aliphatic carbocycles. The average Bonchev–Trinajstić information content (AvgIpc) is 2.54. The van der Waals surface area contributed by atoms with E-state index >= 15 is 0 Å². The highest BCUT2D eigenvalue weighted by molar-refractivity contribution is 7.92. The number of hydrogen-bond acceptors (Lipinski definition) is 5. The Bertz CT molecular complexity index is 864. The Morgan fingerprint density at radius 2 is 2.00 bits per heavy atom. The van der Waals surface area contributed by atoms with Gasteiger partial charge in [-0.25, -0.2) is 8.42 Å². The van der Waals surface area contributed by atoms with Gasteiger partial charge in [-0.3, -0.25) is 9.52 Å². The average molecular weight is 334 g/mol. The number of para-hydroxylation sites is 2. The number of nitrogens with one attached hydrogen (secondary N) is 2. The molecular weight excluding hydrogens is 320 g/mol. The van der Waals surface area contributed by atoms with Gasteiger partial charge in [0.2, 0.25) is 0 Å². The molecule has 7 nitrogen and oxygen atoms in total. The van der Waals surface area contributed by atoms with Crippen molar-refractivity contribution in [2.75, 3.05) is 23.8 Å². The van der Waals surface area contributed by atoms with Crippen LogP contribution in [0.15, 0.2) is 47.4 Å². The number of ether oxygens (including phenoxy) is 2. The quantitative estimate of drug-likeness (QED) is 0.889. The molecule has 0 saturated heterocycles. The van der Waals surface area contributed by atoms with E-state index in [-0.39, 0.29) is 17.4 Å². The van der Waals surface area contributed by atoms with Crippen LogP contribution in [0.2, 0.25) is 0 Å². The molecule has 0 aromatic heterocycles. The van der Waals surface area contributed by atoms with Gasteiger partial charge in [0.25, 0.3) is 15.9 Å². The molecule has 23 heavy (non-hydrogen) atoms. The number of fused-ring (bicyclic) bond motifs is 1. The zero-order chi connectivity index (χ0) is 16.4. The van der Waals surface area contributed by atoms with Crippen molar-refractivity contribution in [3.05, 3.63) is 42.5 Å². The van der Waals surface area contributed by atoms with Crippen molar-refractivity contribution >= 4 is 27.3 Å². The highest BCUT2D eigenvalue weighted by Gasteiger charge is 2.21. The highest BCUT2D eigenvalue weighted by atomic mass is 32.2. The molecule has 0 spiro atoms. The summed E-state index contributed by atoms with van der Waals surface area (Å²) in [6.07, 6.45) is 0. The van der Waals surface area contributed by atoms with E-state index in [9.17, 15) is 13.2 Å². The summed E-state index contributed by atoms with van der Waals surface area (Å²) in [6.45, 7) is -0.0848. The second-order valence-electron chi connectivity index (χ2n) is 4.80. The molecule has 0 radical (unpaired) electrons. The smallest absolute Gasteiger partial charge is 0.262 e. The van der Waals surface area contributed by atoms with Crippen molar-refractivity contribution in [1.29, 1.82) is 0 Å². The van der Waals surface area contributed by atoms with Crippen LogP contribution in [0.3, 0.4) is 0 Å². The lowest BCUT2D eigenvalue weighted by molar-refractivity contribution is -0.118. The topological polar surface area (TPSA) is 93.7 Å². The molecule has 2 aromatic rings. The molecule has 2 aromatic carbocycles. The zero-order valence-corrected chi connectivity index (χ0v) is 13.0. The zero-order valence-electron chi connectivity index (χ0n) is 12.2. The van der Waals surface area contributed by atoms with Crippen LogP contribution in [0.1, 0.15) is 0 Å². The summed E-state index contributed by atoms with van der Waals surface area (Å²) in [5, 5.41) is 2.58. The summed E-state index contributed by atoms with van der Waals surface area (Å²) >= 11 is 0. The molecule has 1 aliphatic heterocycles. The number of benzene rings is 2. The number of sulfonamides is 1. The maximum Gasteiger partial charge on any atom is 0.262 e. The van der Waals surface area contributed by atoms with E-state index < -0.39 is 10.0 Å². The Balaban J connectivity index is 1.94. The van der Waals surface area contributed by atoms with Gasteiger partial charge < -0.3 is 14.8 Å². The first-order valence-corrected chi connectivity index (χ1v) is 8.20. The van der Waals surface area contributed by atoms with Gasteiger partial charge >= 0.3 is 0 Å². The van der Waals surface area contributed by atoms with E-state index in [1.54, 1.807) is 24.3 Å². The third kappa shape index (κ3) is 3.07. The third-order valence-corrected chi connectivity index (χ3v) is 4.61. The highest BCUT2D eigenvalue weighted by Crippen LogP contribution is 2.32. The van der Waals surface area contributed by atoms with Crippen molar-refractivity contribution in [1.82, 2.24) is 0 Å². The summed E-state index contributed by atoms with van der Waals surface area (Å²) < 4.78 is 37.8. The first-order valence-electron chi connectivity index (χ1n) is 6.72. The van der Waals surface area contributed by atoms with E-state index in [4.69, 9.17) is 9.47 Å². The molecule has 1 amide bonds. The Hall–Kier alpha value is -2.74. The predicted molar refractivity (Wildman–Crippen MR) is 84.4 cm³/mol. The molecule has 0 bridgehead atoms. The lowest BCUT2D eigenvalue weighted by Gasteiger charge is -2.19. The first-order chi connectivity index (χ1) is 11.0. The SMILES string of the molecule is COc1ccccc1NS(=O)(=O)c1ccc2c(c1)NC(=O)CO2. The summed E-state index contributed by atoms with van der Waals surface area (Å²) in [5.41, 5.74) is 0.650. The van der Waals surface area contributed by atoms with E-state index in [1.807, 2.05) is 0 Å². The Morgan fingerprint density at radius 3 is 2.78 bits per heavy atom. The van der Waals surface area contributed by atoms with E-state index in [2.05, 4.69) is 10.0 Å². The molecule has 3 rings (SSSR count). The standard InChI is InChI=1S/C15H14N2O5S/c1-21-13-5-3-2-4-11(13)17-23(19,20)10-6-7-14-12(8-10)16-15(18)9-22-14/h2-8,17H,9H2,1H3,(H,16,18). The van der Waals surface area contributed by atoms with Gasteiger partial charge in [-0.15, -0.1) is 0 Å². The van der Waals surface area contributed by atoms with Crippen LogP contribution in [0.25, 0.3) is 0 Å². The van der Waals surface area contributed by atoms with Crippen LogP contribution < -0.4 is 19.5 Å². The Labute approximate surface area is 133 Å². The minimum absolute atomic E-state index is 0.00737. The second-order valence-corrected chi connectivity index (χ2v) is 6.48. The van der Waals surface area contributed by atoms with Crippen LogP contribution in [0.5, 0.6) is 11.5 Å². The Kier molecular flexibility index (Phi) is 3.83. The van der Waals surface area contributed by atoms with Crippen LogP contribution >= 0.6 is 0 Å². The number of methoxy groups -OCH3 is 1. The van der Waals surface area contributed by atoms with Crippen LogP contribution in [0, 0.1) is 0 Å². The van der Waals surface area contributed by atoms with Gasteiger partial charge in [-0.1, -0.05) is 12.1 Å². The van der Waals surface area contributed by atoms with Gasteiger partial charge in [-0.05, 0) is 30.3 Å². The third-order valence-electron chi connectivity index (χ3n) is 3.25. The Morgan fingerprint density at radius 1 is 1.22 bits per heavy atom. The fraction of sp³-hybridized carbons (Fsp3) is 0.133. The summed E-state index contributed by atoms with van der Waals surface area (Å²) in [6, 6.07) is 11.0. The summed E-state index contributed by atoms with van der Waals surface area (Å²) in [4.78, 5) is 11.4. The molecule has 8 heteroatoms. The second kappa shape index (κ2) is 5.81. The van der Waals surface area contributed by atoms with Crippen molar-refractivity contribution in [2.24, 2.45) is 0 Å². The summed E-state index contributed by atoms with van der Waals surface area (Å²) in [5.74, 6) is 0.510. The monoisotopic (exact) mass is 334 g/mol. The van der Waals surface area contributed by atoms with Crippen LogP contribution in [-0.2, 0) is 14.8 Å². The van der Waals surface area contributed by atoms with E-state index in [0.29, 0.717) is 22.9 Å². The normalized spacial score (nSPS) is 13.5. The molecule has 1 heterocycles. The van der Waals surface area contributed by atoms with Crippen molar-refractivity contribution in [3.63, 3.8) is 0 Å². The molecule has 0 fully saturated rings. The first kappa shape index (κ1) is 15.2. The van der Waals surface area contributed by atoms with Crippen LogP contribution in [-0.4, -0.2) is 28.0 Å². The van der Waals surface area contributed by atoms with Crippen molar-refractivity contribution in [3.8, 4) is 11.5 Å². The number of carbonyl (C=O) groups excluding carboxylic acids is 1. The van der Waals surface area contributed by atoms with Crippen molar-refractivity contribution < 1.29 is 22.7 Å². The molecule has 1 aliphatic rings. The number of hydrogen-bond donors (Lipinski definition) is 2. The van der Waals surface area contributed by atoms with E-state index in [0.717, 1.165) is 0 Å². The number of carbonyl (C=O) groups is 1. The lowest BCUT2D eigenvalue weighted by atomic mass is 10.2. The molecule has 0 unspecified atom stereocenters. The van der Waals surface area contributed by atoms with Gasteiger partial charge in [0.1, 0.15) is 11.5 Å². The fourth-order valence-electron chi connectivity index (χ4n) is 2.16. The van der Waals surface area contributed by atoms with Crippen molar-refractivity contribution in [2.45, 2.75) is 4.90 Å². The minimum Gasteiger partial charge on any atom is -0.495 e.